The molecule has 3 aliphatic rings. The second-order valence-electron chi connectivity index (χ2n) is 10.3. The standard InChI is InChI=1S/C27H30FNO3/c1-25-13-12-24(31)26(2,16-30)22(25)11-14-27(17-32-27)23(25)10-9-19-8-7-18(15-29-19)20-5-3-4-6-21(20)28/h3-10,15-16,22-24,31H,11-14,17H2,1-2H3/b10-9+/t22-,23-,24+,25+,26-,27+/m0/s1. The molecule has 1 N–H and O–H groups in total. The summed E-state index contributed by atoms with van der Waals surface area (Å²) in [5, 5.41) is 10.6. The first kappa shape index (κ1) is 21.5. The van der Waals surface area contributed by atoms with E-state index in [1.54, 1.807) is 18.3 Å². The van der Waals surface area contributed by atoms with Crippen LogP contribution in [-0.4, -0.2) is 34.7 Å². The first-order valence-corrected chi connectivity index (χ1v) is 11.5. The predicted octanol–water partition coefficient (Wildman–Crippen LogP) is 5.06. The summed E-state index contributed by atoms with van der Waals surface area (Å²) in [5.74, 6) is -0.00464. The van der Waals surface area contributed by atoms with Crippen LogP contribution in [0.4, 0.5) is 4.39 Å². The number of nitrogens with zero attached hydrogens (tertiary/aromatic N) is 1. The van der Waals surface area contributed by atoms with Crippen LogP contribution < -0.4 is 0 Å². The number of ether oxygens (including phenoxy) is 1. The van der Waals surface area contributed by atoms with Crippen LogP contribution in [0.15, 0.2) is 48.7 Å². The van der Waals surface area contributed by atoms with E-state index in [0.29, 0.717) is 12.0 Å². The lowest BCUT2D eigenvalue weighted by Crippen LogP contribution is -2.59. The van der Waals surface area contributed by atoms with Crippen LogP contribution in [0.25, 0.3) is 17.2 Å². The maximum Gasteiger partial charge on any atom is 0.131 e. The van der Waals surface area contributed by atoms with Gasteiger partial charge in [-0.3, -0.25) is 4.98 Å². The number of aliphatic hydroxyl groups excluding tert-OH is 1. The molecule has 5 rings (SSSR count). The quantitative estimate of drug-likeness (QED) is 0.538. The van der Waals surface area contributed by atoms with Crippen LogP contribution in [0.2, 0.25) is 0 Å². The number of aldehydes is 1. The first-order chi connectivity index (χ1) is 15.3. The normalized spacial score (nSPS) is 38.6. The van der Waals surface area contributed by atoms with Crippen molar-refractivity contribution < 1.29 is 19.0 Å². The molecule has 0 bridgehead atoms. The van der Waals surface area contributed by atoms with Gasteiger partial charge in [-0.15, -0.1) is 0 Å². The van der Waals surface area contributed by atoms with Gasteiger partial charge >= 0.3 is 0 Å². The van der Waals surface area contributed by atoms with Gasteiger partial charge in [0.2, 0.25) is 0 Å². The molecule has 4 nitrogen and oxygen atoms in total. The molecule has 2 heterocycles. The van der Waals surface area contributed by atoms with Gasteiger partial charge in [-0.05, 0) is 55.2 Å². The number of benzene rings is 1. The molecule has 0 radical (unpaired) electrons. The average molecular weight is 436 g/mol. The van der Waals surface area contributed by atoms with E-state index in [1.165, 1.54) is 6.07 Å². The lowest BCUT2D eigenvalue weighted by Gasteiger charge is -2.59. The van der Waals surface area contributed by atoms with Crippen LogP contribution in [0.1, 0.15) is 45.2 Å². The first-order valence-electron chi connectivity index (χ1n) is 11.5. The zero-order chi connectivity index (χ0) is 22.6. The van der Waals surface area contributed by atoms with Crippen molar-refractivity contribution in [3.05, 3.63) is 60.2 Å². The third-order valence-electron chi connectivity index (χ3n) is 8.55. The van der Waals surface area contributed by atoms with Crippen LogP contribution in [0.5, 0.6) is 0 Å². The number of pyridine rings is 1. The Morgan fingerprint density at radius 3 is 2.59 bits per heavy atom. The highest BCUT2D eigenvalue weighted by Crippen LogP contribution is 2.65. The molecule has 168 valence electrons. The summed E-state index contributed by atoms with van der Waals surface area (Å²) < 4.78 is 20.1. The Morgan fingerprint density at radius 2 is 1.94 bits per heavy atom. The molecule has 1 aromatic heterocycles. The highest BCUT2D eigenvalue weighted by Gasteiger charge is 2.66. The van der Waals surface area contributed by atoms with Crippen molar-refractivity contribution in [2.45, 2.75) is 51.2 Å². The molecule has 32 heavy (non-hydrogen) atoms. The highest BCUT2D eigenvalue weighted by atomic mass is 19.1. The molecule has 0 amide bonds. The van der Waals surface area contributed by atoms with E-state index in [9.17, 15) is 14.3 Å². The minimum absolute atomic E-state index is 0.108. The van der Waals surface area contributed by atoms with Crippen molar-refractivity contribution in [1.82, 2.24) is 4.98 Å². The van der Waals surface area contributed by atoms with Crippen LogP contribution in [-0.2, 0) is 9.53 Å². The minimum atomic E-state index is -0.727. The molecule has 2 aromatic rings. The van der Waals surface area contributed by atoms with Crippen LogP contribution in [0.3, 0.4) is 0 Å². The van der Waals surface area contributed by atoms with Gasteiger partial charge in [0.1, 0.15) is 12.1 Å². The van der Waals surface area contributed by atoms with Gasteiger partial charge < -0.3 is 14.6 Å². The lowest BCUT2D eigenvalue weighted by molar-refractivity contribution is -0.160. The fourth-order valence-corrected chi connectivity index (χ4v) is 6.56. The van der Waals surface area contributed by atoms with E-state index in [1.807, 2.05) is 31.2 Å². The van der Waals surface area contributed by atoms with Crippen molar-refractivity contribution in [3.63, 3.8) is 0 Å². The molecule has 1 aliphatic heterocycles. The van der Waals surface area contributed by atoms with E-state index in [-0.39, 0.29) is 28.7 Å². The summed E-state index contributed by atoms with van der Waals surface area (Å²) in [7, 11) is 0. The molecular weight excluding hydrogens is 405 g/mol. The molecule has 2 saturated carbocycles. The van der Waals surface area contributed by atoms with E-state index < -0.39 is 11.5 Å². The zero-order valence-electron chi connectivity index (χ0n) is 18.6. The van der Waals surface area contributed by atoms with E-state index >= 15 is 0 Å². The van der Waals surface area contributed by atoms with E-state index in [0.717, 1.165) is 43.4 Å². The van der Waals surface area contributed by atoms with Crippen LogP contribution >= 0.6 is 0 Å². The third kappa shape index (κ3) is 3.25. The maximum absolute atomic E-state index is 14.1. The van der Waals surface area contributed by atoms with Gasteiger partial charge in [-0.25, -0.2) is 4.39 Å². The molecule has 6 atom stereocenters. The number of halogens is 1. The van der Waals surface area contributed by atoms with Crippen molar-refractivity contribution >= 4 is 12.4 Å². The predicted molar refractivity (Wildman–Crippen MR) is 121 cm³/mol. The smallest absolute Gasteiger partial charge is 0.131 e. The summed E-state index contributed by atoms with van der Waals surface area (Å²) in [6.45, 7) is 4.92. The summed E-state index contributed by atoms with van der Waals surface area (Å²) in [4.78, 5) is 16.6. The largest absolute Gasteiger partial charge is 0.392 e. The Kier molecular flexibility index (Phi) is 5.10. The van der Waals surface area contributed by atoms with E-state index in [2.05, 4.69) is 18.0 Å². The maximum atomic E-state index is 14.1. The number of hydrogen-bond donors (Lipinski definition) is 1. The van der Waals surface area contributed by atoms with Gasteiger partial charge in [0.25, 0.3) is 0 Å². The highest BCUT2D eigenvalue weighted by molar-refractivity contribution is 5.64. The molecule has 5 heteroatoms. The molecule has 1 spiro atoms. The monoisotopic (exact) mass is 435 g/mol. The second kappa shape index (κ2) is 7.60. The summed E-state index contributed by atoms with van der Waals surface area (Å²) in [6.07, 6.45) is 9.59. The second-order valence-corrected chi connectivity index (χ2v) is 10.3. The number of fused-ring (bicyclic) bond motifs is 1. The number of aromatic nitrogens is 1. The zero-order valence-corrected chi connectivity index (χ0v) is 18.6. The number of epoxide rings is 1. The molecule has 1 saturated heterocycles. The topological polar surface area (TPSA) is 62.7 Å². The lowest BCUT2D eigenvalue weighted by atomic mass is 9.45. The van der Waals surface area contributed by atoms with Crippen LogP contribution in [0, 0.1) is 28.5 Å². The molecule has 2 aliphatic carbocycles. The van der Waals surface area contributed by atoms with Crippen molar-refractivity contribution in [2.24, 2.45) is 22.7 Å². The summed E-state index contributed by atoms with van der Waals surface area (Å²) in [6, 6.07) is 10.5. The third-order valence-corrected chi connectivity index (χ3v) is 8.55. The van der Waals surface area contributed by atoms with Gasteiger partial charge in [0.15, 0.2) is 0 Å². The number of carbonyl (C=O) groups is 1. The Labute approximate surface area is 188 Å². The molecule has 1 aromatic carbocycles. The Hall–Kier alpha value is -2.37. The average Bonchev–Trinajstić information content (AvgIpc) is 3.57. The van der Waals surface area contributed by atoms with Gasteiger partial charge in [-0.1, -0.05) is 44.2 Å². The van der Waals surface area contributed by atoms with Gasteiger partial charge in [0, 0.05) is 23.2 Å². The minimum Gasteiger partial charge on any atom is -0.392 e. The molecular formula is C27H30FNO3. The number of carbonyl (C=O) groups excluding carboxylic acids is 1. The van der Waals surface area contributed by atoms with Crippen molar-refractivity contribution in [2.75, 3.05) is 6.61 Å². The number of hydrogen-bond acceptors (Lipinski definition) is 4. The number of rotatable bonds is 4. The van der Waals surface area contributed by atoms with Crippen molar-refractivity contribution in [1.29, 1.82) is 0 Å². The van der Waals surface area contributed by atoms with Gasteiger partial charge in [0.05, 0.1) is 29.4 Å². The SMILES string of the molecule is C[C@@]1(C=O)[C@H](O)CC[C@@]2(C)[C@H](/C=C/c3ccc(-c4ccccc4F)cn3)[C@@]3(CC[C@H]12)CO3. The fraction of sp³-hybridized carbons (Fsp3) is 0.481. The van der Waals surface area contributed by atoms with E-state index in [4.69, 9.17) is 4.74 Å². The van der Waals surface area contributed by atoms with Crippen molar-refractivity contribution in [3.8, 4) is 11.1 Å². The Balaban J connectivity index is 1.43. The molecule has 0 unspecified atom stereocenters. The molecule has 3 fully saturated rings. The Morgan fingerprint density at radius 1 is 1.16 bits per heavy atom. The van der Waals surface area contributed by atoms with Gasteiger partial charge in [-0.2, -0.15) is 0 Å². The number of aliphatic hydroxyl groups is 1. The fourth-order valence-electron chi connectivity index (χ4n) is 6.56. The summed E-state index contributed by atoms with van der Waals surface area (Å²) in [5.41, 5.74) is 1.07. The Bertz CT molecular complexity index is 1050. The summed E-state index contributed by atoms with van der Waals surface area (Å²) >= 11 is 0.